The molecule has 1 unspecified atom stereocenters. The van der Waals surface area contributed by atoms with Crippen molar-refractivity contribution >= 4 is 17.8 Å². The Bertz CT molecular complexity index is 451. The highest BCUT2D eigenvalue weighted by Crippen LogP contribution is 2.51. The van der Waals surface area contributed by atoms with E-state index in [4.69, 9.17) is 0 Å². The van der Waals surface area contributed by atoms with Gasteiger partial charge in [-0.15, -0.1) is 0 Å². The summed E-state index contributed by atoms with van der Waals surface area (Å²) in [6, 6.07) is -0.599. The molecular weight excluding hydrogens is 232 g/mol. The predicted octanol–water partition coefficient (Wildman–Crippen LogP) is 1.42. The second-order valence-electron chi connectivity index (χ2n) is 6.41. The first-order valence-electron chi connectivity index (χ1n) is 6.58. The molecule has 3 fully saturated rings. The SMILES string of the molecule is CC1(C)CCCC1N1C(=O)NC(=O)C2(CC2)C1=O. The minimum absolute atomic E-state index is 0.0521. The molecule has 5 heteroatoms. The summed E-state index contributed by atoms with van der Waals surface area (Å²) in [6.45, 7) is 4.17. The molecule has 2 saturated carbocycles. The number of barbiturate groups is 1. The van der Waals surface area contributed by atoms with Gasteiger partial charge in [-0.1, -0.05) is 20.3 Å². The van der Waals surface area contributed by atoms with Crippen molar-refractivity contribution in [3.8, 4) is 0 Å². The molecule has 3 aliphatic rings. The largest absolute Gasteiger partial charge is 0.331 e. The van der Waals surface area contributed by atoms with E-state index in [0.717, 1.165) is 19.3 Å². The minimum Gasteiger partial charge on any atom is -0.277 e. The van der Waals surface area contributed by atoms with Gasteiger partial charge in [-0.3, -0.25) is 19.8 Å². The van der Waals surface area contributed by atoms with E-state index < -0.39 is 17.4 Å². The number of amides is 4. The smallest absolute Gasteiger partial charge is 0.277 e. The predicted molar refractivity (Wildman–Crippen MR) is 63.5 cm³/mol. The summed E-state index contributed by atoms with van der Waals surface area (Å²) in [5.41, 5.74) is -0.962. The fourth-order valence-corrected chi connectivity index (χ4v) is 3.33. The van der Waals surface area contributed by atoms with Crippen LogP contribution in [0.2, 0.25) is 0 Å². The third-order valence-corrected chi connectivity index (χ3v) is 4.76. The number of nitrogens with zero attached hydrogens (tertiary/aromatic N) is 1. The number of imide groups is 2. The quantitative estimate of drug-likeness (QED) is 0.716. The summed E-state index contributed by atoms with van der Waals surface area (Å²) in [5, 5.41) is 2.35. The molecule has 0 bridgehead atoms. The van der Waals surface area contributed by atoms with E-state index in [2.05, 4.69) is 19.2 Å². The first-order valence-corrected chi connectivity index (χ1v) is 6.58. The molecule has 1 atom stereocenters. The molecule has 0 aromatic heterocycles. The highest BCUT2D eigenvalue weighted by atomic mass is 16.2. The molecule has 2 aliphatic carbocycles. The van der Waals surface area contributed by atoms with E-state index in [1.54, 1.807) is 0 Å². The lowest BCUT2D eigenvalue weighted by atomic mass is 9.85. The maximum absolute atomic E-state index is 12.4. The van der Waals surface area contributed by atoms with Crippen LogP contribution in [-0.2, 0) is 9.59 Å². The van der Waals surface area contributed by atoms with Crippen LogP contribution in [0, 0.1) is 10.8 Å². The molecule has 98 valence electrons. The number of hydrogen-bond donors (Lipinski definition) is 1. The van der Waals surface area contributed by atoms with Gasteiger partial charge in [0.1, 0.15) is 5.41 Å². The highest BCUT2D eigenvalue weighted by molar-refractivity contribution is 6.21. The van der Waals surface area contributed by atoms with Crippen LogP contribution in [0.25, 0.3) is 0 Å². The zero-order valence-electron chi connectivity index (χ0n) is 10.8. The van der Waals surface area contributed by atoms with Crippen molar-refractivity contribution in [1.82, 2.24) is 10.2 Å². The van der Waals surface area contributed by atoms with Crippen LogP contribution in [0.15, 0.2) is 0 Å². The number of nitrogens with one attached hydrogen (secondary N) is 1. The third-order valence-electron chi connectivity index (χ3n) is 4.76. The molecule has 1 heterocycles. The van der Waals surface area contributed by atoms with E-state index in [9.17, 15) is 14.4 Å². The molecule has 4 amide bonds. The van der Waals surface area contributed by atoms with Gasteiger partial charge in [0, 0.05) is 6.04 Å². The first-order chi connectivity index (χ1) is 8.38. The lowest BCUT2D eigenvalue weighted by molar-refractivity contribution is -0.147. The van der Waals surface area contributed by atoms with E-state index in [-0.39, 0.29) is 17.4 Å². The molecule has 0 radical (unpaired) electrons. The van der Waals surface area contributed by atoms with E-state index in [1.807, 2.05) is 0 Å². The monoisotopic (exact) mass is 250 g/mol. The van der Waals surface area contributed by atoms with Crippen molar-refractivity contribution in [2.75, 3.05) is 0 Å². The van der Waals surface area contributed by atoms with Crippen LogP contribution in [-0.4, -0.2) is 28.8 Å². The Kier molecular flexibility index (Phi) is 2.17. The summed E-state index contributed by atoms with van der Waals surface area (Å²) in [6.07, 6.45) is 4.03. The molecule has 1 N–H and O–H groups in total. The van der Waals surface area contributed by atoms with Crippen molar-refractivity contribution in [3.05, 3.63) is 0 Å². The van der Waals surface area contributed by atoms with Gasteiger partial charge < -0.3 is 0 Å². The fourth-order valence-electron chi connectivity index (χ4n) is 3.33. The van der Waals surface area contributed by atoms with Crippen molar-refractivity contribution < 1.29 is 14.4 Å². The average Bonchev–Trinajstić information content (AvgIpc) is 3.00. The topological polar surface area (TPSA) is 66.5 Å². The number of hydrogen-bond acceptors (Lipinski definition) is 3. The summed E-state index contributed by atoms with van der Waals surface area (Å²) >= 11 is 0. The van der Waals surface area contributed by atoms with Gasteiger partial charge in [-0.05, 0) is 31.1 Å². The average molecular weight is 250 g/mol. The fraction of sp³-hybridized carbons (Fsp3) is 0.769. The van der Waals surface area contributed by atoms with Crippen molar-refractivity contribution in [2.24, 2.45) is 10.8 Å². The van der Waals surface area contributed by atoms with Gasteiger partial charge in [-0.2, -0.15) is 0 Å². The van der Waals surface area contributed by atoms with Crippen molar-refractivity contribution in [3.63, 3.8) is 0 Å². The highest BCUT2D eigenvalue weighted by Gasteiger charge is 2.64. The molecule has 0 aromatic rings. The summed E-state index contributed by atoms with van der Waals surface area (Å²) in [7, 11) is 0. The van der Waals surface area contributed by atoms with Crippen LogP contribution in [0.4, 0.5) is 4.79 Å². The van der Waals surface area contributed by atoms with E-state index in [1.165, 1.54) is 4.90 Å². The summed E-state index contributed by atoms with van der Waals surface area (Å²) in [4.78, 5) is 37.5. The Balaban J connectivity index is 1.94. The maximum Gasteiger partial charge on any atom is 0.331 e. The summed E-state index contributed by atoms with van der Waals surface area (Å²) < 4.78 is 0. The molecule has 18 heavy (non-hydrogen) atoms. The Labute approximate surface area is 106 Å². The zero-order valence-corrected chi connectivity index (χ0v) is 10.8. The molecule has 3 rings (SSSR count). The van der Waals surface area contributed by atoms with Gasteiger partial charge >= 0.3 is 6.03 Å². The number of carbonyl (C=O) groups excluding carboxylic acids is 3. The molecule has 1 spiro atoms. The van der Waals surface area contributed by atoms with Crippen molar-refractivity contribution in [2.45, 2.75) is 52.0 Å². The second kappa shape index (κ2) is 3.33. The number of rotatable bonds is 1. The zero-order chi connectivity index (χ0) is 13.1. The molecule has 1 saturated heterocycles. The van der Waals surface area contributed by atoms with Gasteiger partial charge in [0.2, 0.25) is 11.8 Å². The lowest BCUT2D eigenvalue weighted by Crippen LogP contribution is -2.63. The normalized spacial score (nSPS) is 32.9. The molecule has 1 aliphatic heterocycles. The van der Waals surface area contributed by atoms with E-state index in [0.29, 0.717) is 12.8 Å². The first kappa shape index (κ1) is 11.7. The van der Waals surface area contributed by atoms with Crippen LogP contribution in [0.1, 0.15) is 46.0 Å². The Morgan fingerprint density at radius 1 is 1.17 bits per heavy atom. The van der Waals surface area contributed by atoms with Crippen LogP contribution in [0.3, 0.4) is 0 Å². The van der Waals surface area contributed by atoms with E-state index >= 15 is 0 Å². The number of carbonyl (C=O) groups is 3. The standard InChI is InChI=1S/C13H18N2O3/c1-12(2)5-3-4-8(12)15-10(17)13(6-7-13)9(16)14-11(15)18/h8H,3-7H2,1-2H3,(H,14,16,18). The molecule has 0 aromatic carbocycles. The van der Waals surface area contributed by atoms with Crippen molar-refractivity contribution in [1.29, 1.82) is 0 Å². The van der Waals surface area contributed by atoms with Crippen LogP contribution >= 0.6 is 0 Å². The lowest BCUT2D eigenvalue weighted by Gasteiger charge is -2.40. The second-order valence-corrected chi connectivity index (χ2v) is 6.41. The molecule has 5 nitrogen and oxygen atoms in total. The van der Waals surface area contributed by atoms with Gasteiger partial charge in [0.25, 0.3) is 0 Å². The Hall–Kier alpha value is -1.39. The Morgan fingerprint density at radius 3 is 2.33 bits per heavy atom. The van der Waals surface area contributed by atoms with Gasteiger partial charge in [0.15, 0.2) is 0 Å². The summed E-state index contributed by atoms with van der Waals surface area (Å²) in [5.74, 6) is -0.666. The van der Waals surface area contributed by atoms with Gasteiger partial charge in [0.05, 0.1) is 0 Å². The number of urea groups is 1. The Morgan fingerprint density at radius 2 is 1.83 bits per heavy atom. The van der Waals surface area contributed by atoms with Gasteiger partial charge in [-0.25, -0.2) is 4.79 Å². The minimum atomic E-state index is -0.910. The maximum atomic E-state index is 12.4. The third kappa shape index (κ3) is 1.36. The van der Waals surface area contributed by atoms with Crippen LogP contribution < -0.4 is 5.32 Å². The van der Waals surface area contributed by atoms with Crippen LogP contribution in [0.5, 0.6) is 0 Å². The molecular formula is C13H18N2O3.